The van der Waals surface area contributed by atoms with E-state index in [9.17, 15) is 29.1 Å². The number of aliphatic hydroxyl groups excluding tert-OH is 1. The standard InChI is InChI=1S/C31H50N4O7.C17H26N4O2S2.C3H8/c1-8-20(2)28(34(5)27(38)18-32-19-36)25(41-6)17-26(37)35-16-12-15-24(35)30(42-7)21(3)31(40)33-22(4)29(39)23-13-10-9-11-14-23;1-11(2)12(3)21(6)16(22)23-10-17(4,5)25-24-15-19-13-7-8-18-9-14(13)20-15;1-3-2/h9-11,13-14,19-22,24-25,28-30,39H,8,12,15-18H2,1-7H3,(H,32,36)(H,33,40);7-9,11-12H,10H2,1-6H3,(H,19,20);3H2,1-2H3. The van der Waals surface area contributed by atoms with Crippen LogP contribution in [-0.2, 0) is 33.4 Å². The molecule has 0 bridgehead atoms. The number of likely N-dealkylation sites (tertiary alicyclic amines) is 1. The van der Waals surface area contributed by atoms with Crippen LogP contribution in [-0.4, -0.2) is 154 Å². The van der Waals surface area contributed by atoms with Gasteiger partial charge in [-0.25, -0.2) is 9.78 Å². The quantitative estimate of drug-likeness (QED) is 0.0498. The number of hydrogen-bond acceptors (Lipinski definition) is 13. The van der Waals surface area contributed by atoms with Gasteiger partial charge in [-0.2, -0.15) is 0 Å². The van der Waals surface area contributed by atoms with Crippen molar-refractivity contribution in [2.45, 2.75) is 161 Å². The predicted octanol–water partition coefficient (Wildman–Crippen LogP) is 7.90. The van der Waals surface area contributed by atoms with Gasteiger partial charge >= 0.3 is 6.09 Å². The number of likely N-dealkylation sites (N-methyl/N-ethyl adjacent to an activating group) is 1. The van der Waals surface area contributed by atoms with Gasteiger partial charge in [0.25, 0.3) is 0 Å². The minimum atomic E-state index is -0.864. The number of nitrogens with one attached hydrogen (secondary N) is 3. The fourth-order valence-corrected chi connectivity index (χ4v) is 9.95. The molecular weight excluding hydrogens is 933 g/mol. The molecule has 3 heterocycles. The van der Waals surface area contributed by atoms with Gasteiger partial charge in [-0.15, -0.1) is 0 Å². The van der Waals surface area contributed by atoms with Crippen LogP contribution >= 0.6 is 21.6 Å². The zero-order valence-corrected chi connectivity index (χ0v) is 46.0. The molecule has 70 heavy (non-hydrogen) atoms. The molecule has 17 nitrogen and oxygen atoms in total. The first-order chi connectivity index (χ1) is 33.1. The summed E-state index contributed by atoms with van der Waals surface area (Å²) in [4.78, 5) is 79.4. The third kappa shape index (κ3) is 19.0. The number of aliphatic hydroxyl groups is 1. The van der Waals surface area contributed by atoms with Gasteiger partial charge in [0.1, 0.15) is 6.61 Å². The summed E-state index contributed by atoms with van der Waals surface area (Å²) in [5.41, 5.74) is 2.52. The highest BCUT2D eigenvalue weighted by molar-refractivity contribution is 8.77. The van der Waals surface area contributed by atoms with Crippen molar-refractivity contribution in [3.05, 3.63) is 54.4 Å². The first-order valence-electron chi connectivity index (χ1n) is 24.5. The highest BCUT2D eigenvalue weighted by atomic mass is 33.1. The summed E-state index contributed by atoms with van der Waals surface area (Å²) < 4.78 is 16.9. The number of nitrogens with zero attached hydrogens (tertiary/aromatic N) is 5. The highest BCUT2D eigenvalue weighted by Crippen LogP contribution is 2.40. The molecule has 1 fully saturated rings. The Balaban J connectivity index is 0.000000507. The fourth-order valence-electron chi connectivity index (χ4n) is 7.95. The zero-order valence-electron chi connectivity index (χ0n) is 44.4. The second-order valence-electron chi connectivity index (χ2n) is 19.0. The van der Waals surface area contributed by atoms with E-state index in [4.69, 9.17) is 14.2 Å². The lowest BCUT2D eigenvalue weighted by Crippen LogP contribution is -2.54. The fraction of sp³-hybridized carbons (Fsp3) is 0.667. The normalized spacial score (nSPS) is 17.0. The van der Waals surface area contributed by atoms with E-state index in [0.29, 0.717) is 37.5 Å². The molecule has 9 unspecified atom stereocenters. The summed E-state index contributed by atoms with van der Waals surface area (Å²) in [6.45, 7) is 22.8. The molecule has 1 aliphatic heterocycles. The molecule has 1 aliphatic rings. The van der Waals surface area contributed by atoms with Crippen molar-refractivity contribution < 1.29 is 43.3 Å². The first-order valence-corrected chi connectivity index (χ1v) is 26.6. The van der Waals surface area contributed by atoms with Crippen LogP contribution in [0.15, 0.2) is 53.9 Å². The van der Waals surface area contributed by atoms with Crippen LogP contribution in [0, 0.1) is 17.8 Å². The maximum absolute atomic E-state index is 13.7. The highest BCUT2D eigenvalue weighted by Gasteiger charge is 2.42. The Hall–Kier alpha value is -4.43. The molecule has 19 heteroatoms. The van der Waals surface area contributed by atoms with E-state index in [-0.39, 0.29) is 65.6 Å². The van der Waals surface area contributed by atoms with E-state index in [1.165, 1.54) is 13.5 Å². The number of rotatable bonds is 24. The predicted molar refractivity (Wildman–Crippen MR) is 280 cm³/mol. The number of methoxy groups -OCH3 is 2. The summed E-state index contributed by atoms with van der Waals surface area (Å²) >= 11 is 0. The number of imidazole rings is 1. The lowest BCUT2D eigenvalue weighted by molar-refractivity contribution is -0.145. The number of H-pyrrole nitrogens is 1. The van der Waals surface area contributed by atoms with E-state index >= 15 is 0 Å². The van der Waals surface area contributed by atoms with E-state index in [2.05, 4.69) is 53.3 Å². The van der Waals surface area contributed by atoms with Crippen molar-refractivity contribution in [1.82, 2.24) is 40.3 Å². The summed E-state index contributed by atoms with van der Waals surface area (Å²) in [6, 6.07) is 9.95. The van der Waals surface area contributed by atoms with Crippen molar-refractivity contribution in [2.24, 2.45) is 17.8 Å². The molecule has 1 aromatic carbocycles. The Bertz CT molecular complexity index is 2000. The summed E-state index contributed by atoms with van der Waals surface area (Å²) in [7, 11) is 9.69. The molecule has 5 amide bonds. The average Bonchev–Trinajstić information content (AvgIpc) is 4.02. The Kier molecular flexibility index (Phi) is 27.4. The number of fused-ring (bicyclic) bond motifs is 1. The van der Waals surface area contributed by atoms with Crippen LogP contribution in [0.1, 0.15) is 120 Å². The molecule has 394 valence electrons. The third-order valence-electron chi connectivity index (χ3n) is 12.6. The number of amides is 5. The van der Waals surface area contributed by atoms with E-state index in [1.54, 1.807) is 83.7 Å². The van der Waals surface area contributed by atoms with Crippen molar-refractivity contribution in [3.8, 4) is 0 Å². The number of carbonyl (C=O) groups is 5. The van der Waals surface area contributed by atoms with Crippen LogP contribution in [0.25, 0.3) is 11.0 Å². The molecule has 0 saturated carbocycles. The Morgan fingerprint density at radius 1 is 1.00 bits per heavy atom. The van der Waals surface area contributed by atoms with Crippen LogP contribution in [0.4, 0.5) is 4.79 Å². The maximum Gasteiger partial charge on any atom is 0.409 e. The van der Waals surface area contributed by atoms with Crippen molar-refractivity contribution in [1.29, 1.82) is 0 Å². The lowest BCUT2D eigenvalue weighted by atomic mass is 9.90. The second kappa shape index (κ2) is 31.1. The number of ether oxygens (including phenoxy) is 3. The second-order valence-corrected chi connectivity index (χ2v) is 21.8. The Morgan fingerprint density at radius 3 is 2.23 bits per heavy atom. The molecule has 9 atom stereocenters. The molecule has 4 rings (SSSR count). The number of carbonyl (C=O) groups excluding carboxylic acids is 5. The minimum Gasteiger partial charge on any atom is -0.448 e. The largest absolute Gasteiger partial charge is 0.448 e. The molecule has 0 radical (unpaired) electrons. The SMILES string of the molecule is CC(C)C(C)N(C)C(=O)OCC(C)(C)SSc1nc2ccncc2[nH]1.CCC.CCC(C)C(C(CC(=O)N1CCCC1C(OC)C(C)C(=O)NC(C)C(O)c1ccccc1)OC)N(C)C(=O)CNC=O. The van der Waals surface area contributed by atoms with Crippen molar-refractivity contribution >= 4 is 62.8 Å². The zero-order chi connectivity index (χ0) is 52.7. The summed E-state index contributed by atoms with van der Waals surface area (Å²) in [5, 5.41) is 16.9. The number of aromatic amines is 1. The third-order valence-corrected chi connectivity index (χ3v) is 15.7. The molecule has 1 saturated heterocycles. The van der Waals surface area contributed by atoms with Gasteiger partial charge in [-0.05, 0) is 74.8 Å². The molecule has 2 aromatic heterocycles. The number of pyridine rings is 1. The summed E-state index contributed by atoms with van der Waals surface area (Å²) in [6.07, 6.45) is 5.22. The number of aromatic nitrogens is 3. The molecule has 4 N–H and O–H groups in total. The van der Waals surface area contributed by atoms with Gasteiger partial charge in [0, 0.05) is 47.1 Å². The van der Waals surface area contributed by atoms with E-state index < -0.39 is 30.3 Å². The first kappa shape index (κ1) is 61.7. The van der Waals surface area contributed by atoms with Gasteiger partial charge in [0.2, 0.25) is 24.1 Å². The molecular formula is C51H84N8O9S2. The van der Waals surface area contributed by atoms with E-state index in [0.717, 1.165) is 29.0 Å². The average molecular weight is 1020 g/mol. The maximum atomic E-state index is 13.7. The minimum absolute atomic E-state index is 0.0333. The van der Waals surface area contributed by atoms with Crippen LogP contribution < -0.4 is 10.6 Å². The van der Waals surface area contributed by atoms with E-state index in [1.807, 2.05) is 71.0 Å². The van der Waals surface area contributed by atoms with Gasteiger partial charge in [-0.1, -0.05) is 102 Å². The number of benzene rings is 1. The smallest absolute Gasteiger partial charge is 0.409 e. The Labute approximate surface area is 425 Å². The molecule has 3 aromatic rings. The number of hydrogen-bond donors (Lipinski definition) is 4. The van der Waals surface area contributed by atoms with Crippen molar-refractivity contribution in [3.63, 3.8) is 0 Å². The van der Waals surface area contributed by atoms with Gasteiger partial charge in [-0.3, -0.25) is 24.2 Å². The topological polar surface area (TPSA) is 209 Å². The van der Waals surface area contributed by atoms with Crippen molar-refractivity contribution in [2.75, 3.05) is 48.0 Å². The van der Waals surface area contributed by atoms with Crippen LogP contribution in [0.2, 0.25) is 0 Å². The van der Waals surface area contributed by atoms with Gasteiger partial charge in [0.05, 0.1) is 77.3 Å². The molecule has 0 aliphatic carbocycles. The lowest BCUT2D eigenvalue weighted by Gasteiger charge is -2.39. The van der Waals surface area contributed by atoms with Gasteiger partial charge in [0.15, 0.2) is 5.16 Å². The summed E-state index contributed by atoms with van der Waals surface area (Å²) in [5.74, 6) is -0.832. The van der Waals surface area contributed by atoms with Gasteiger partial charge < -0.3 is 49.6 Å². The monoisotopic (exact) mass is 1020 g/mol. The van der Waals surface area contributed by atoms with Crippen LogP contribution in [0.3, 0.4) is 0 Å². The molecule has 0 spiro atoms. The Morgan fingerprint density at radius 2 is 1.66 bits per heavy atom. The van der Waals surface area contributed by atoms with Crippen LogP contribution in [0.5, 0.6) is 0 Å².